The molecule has 0 bridgehead atoms. The highest BCUT2D eigenvalue weighted by molar-refractivity contribution is 5.82. The second-order valence-corrected chi connectivity index (χ2v) is 12.6. The van der Waals surface area contributed by atoms with Crippen LogP contribution in [0.15, 0.2) is 72.8 Å². The van der Waals surface area contributed by atoms with Crippen LogP contribution in [-0.2, 0) is 35.0 Å². The molecular formula is C35H37NO10. The predicted molar refractivity (Wildman–Crippen MR) is 164 cm³/mol. The van der Waals surface area contributed by atoms with Crippen molar-refractivity contribution in [1.29, 1.82) is 0 Å². The molecule has 5 unspecified atom stereocenters. The zero-order chi connectivity index (χ0) is 32.6. The highest BCUT2D eigenvalue weighted by Crippen LogP contribution is 2.45. The highest BCUT2D eigenvalue weighted by atomic mass is 16.8. The Labute approximate surface area is 266 Å². The number of phenols is 1. The van der Waals surface area contributed by atoms with E-state index in [0.717, 1.165) is 27.8 Å². The minimum Gasteiger partial charge on any atom is -0.508 e. The zero-order valence-electron chi connectivity index (χ0n) is 25.5. The van der Waals surface area contributed by atoms with Crippen LogP contribution in [0.1, 0.15) is 55.7 Å². The van der Waals surface area contributed by atoms with Gasteiger partial charge in [-0.25, -0.2) is 14.4 Å². The Bertz CT molecular complexity index is 1580. The molecule has 1 aliphatic heterocycles. The van der Waals surface area contributed by atoms with Crippen molar-refractivity contribution in [2.75, 3.05) is 6.61 Å². The standard InChI is InChI=1S/C35H37NO10/c1-34(2)45-29-18-35(42,32(39)40)17-28(30(29)46-34)44-31(38)27(16-13-20-11-14-21(37)15-12-20)36-33(41)43-19-26-24-9-5-3-7-22(24)23-8-4-6-10-25(23)26/h3-12,14-15,26-30,37,42H,13,16-19H2,1-2H3,(H,36,41)(H,39,40). The van der Waals surface area contributed by atoms with E-state index in [9.17, 15) is 29.7 Å². The number of carboxylic acids is 1. The summed E-state index contributed by atoms with van der Waals surface area (Å²) in [7, 11) is 0. The topological polar surface area (TPSA) is 161 Å². The molecule has 1 heterocycles. The lowest BCUT2D eigenvalue weighted by molar-refractivity contribution is -0.188. The van der Waals surface area contributed by atoms with Crippen LogP contribution in [0.5, 0.6) is 5.75 Å². The lowest BCUT2D eigenvalue weighted by atomic mass is 9.79. The quantitative estimate of drug-likeness (QED) is 0.251. The van der Waals surface area contributed by atoms with E-state index in [2.05, 4.69) is 5.32 Å². The van der Waals surface area contributed by atoms with Gasteiger partial charge in [-0.05, 0) is 66.6 Å². The van der Waals surface area contributed by atoms with Crippen molar-refractivity contribution < 1.29 is 48.7 Å². The summed E-state index contributed by atoms with van der Waals surface area (Å²) < 4.78 is 23.3. The Kier molecular flexibility index (Phi) is 8.49. The van der Waals surface area contributed by atoms with Crippen molar-refractivity contribution in [3.05, 3.63) is 89.5 Å². The second-order valence-electron chi connectivity index (χ2n) is 12.6. The summed E-state index contributed by atoms with van der Waals surface area (Å²) in [6.45, 7) is 3.35. The number of aromatic hydroxyl groups is 1. The van der Waals surface area contributed by atoms with Crippen molar-refractivity contribution in [1.82, 2.24) is 5.32 Å². The average molecular weight is 632 g/mol. The maximum Gasteiger partial charge on any atom is 0.407 e. The van der Waals surface area contributed by atoms with Crippen LogP contribution >= 0.6 is 0 Å². The Hall–Kier alpha value is -4.45. The molecule has 4 N–H and O–H groups in total. The first-order chi connectivity index (χ1) is 21.9. The fourth-order valence-corrected chi connectivity index (χ4v) is 6.72. The molecule has 0 aromatic heterocycles. The van der Waals surface area contributed by atoms with Crippen LogP contribution in [0.2, 0.25) is 0 Å². The molecule has 2 aliphatic carbocycles. The number of fused-ring (bicyclic) bond motifs is 4. The largest absolute Gasteiger partial charge is 0.508 e. The first-order valence-electron chi connectivity index (χ1n) is 15.3. The minimum absolute atomic E-state index is 0.0396. The van der Waals surface area contributed by atoms with Crippen molar-refractivity contribution in [2.24, 2.45) is 0 Å². The first kappa shape index (κ1) is 31.5. The number of phenolic OH excluding ortho intramolecular Hbond substituents is 1. The number of amides is 1. The second kappa shape index (κ2) is 12.4. The van der Waals surface area contributed by atoms with Crippen molar-refractivity contribution in [3.8, 4) is 16.9 Å². The normalized spacial score (nSPS) is 25.1. The number of carboxylic acid groups (broad SMARTS) is 1. The highest BCUT2D eigenvalue weighted by Gasteiger charge is 2.58. The first-order valence-corrected chi connectivity index (χ1v) is 15.3. The number of carbonyl (C=O) groups is 3. The van der Waals surface area contributed by atoms with Crippen LogP contribution < -0.4 is 5.32 Å². The number of aryl methyl sites for hydroxylation is 1. The monoisotopic (exact) mass is 631 g/mol. The molecule has 242 valence electrons. The van der Waals surface area contributed by atoms with E-state index in [1.165, 1.54) is 12.1 Å². The molecule has 0 spiro atoms. The van der Waals surface area contributed by atoms with Gasteiger partial charge in [-0.3, -0.25) is 0 Å². The van der Waals surface area contributed by atoms with Crippen molar-refractivity contribution in [3.63, 3.8) is 0 Å². The minimum atomic E-state index is -2.20. The van der Waals surface area contributed by atoms with Gasteiger partial charge >= 0.3 is 18.0 Å². The number of esters is 1. The van der Waals surface area contributed by atoms with Gasteiger partial charge in [-0.1, -0.05) is 60.7 Å². The number of alkyl carbamates (subject to hydrolysis) is 1. The number of benzene rings is 3. The van der Waals surface area contributed by atoms with Crippen molar-refractivity contribution in [2.45, 2.75) is 81.2 Å². The molecule has 1 saturated heterocycles. The average Bonchev–Trinajstić information content (AvgIpc) is 3.51. The summed E-state index contributed by atoms with van der Waals surface area (Å²) >= 11 is 0. The molecule has 0 radical (unpaired) electrons. The maximum absolute atomic E-state index is 13.7. The Morgan fingerprint density at radius 3 is 2.20 bits per heavy atom. The van der Waals surface area contributed by atoms with Crippen LogP contribution in [0.3, 0.4) is 0 Å². The molecular weight excluding hydrogens is 594 g/mol. The maximum atomic E-state index is 13.7. The lowest BCUT2D eigenvalue weighted by Crippen LogP contribution is -2.57. The zero-order valence-corrected chi connectivity index (χ0v) is 25.5. The van der Waals surface area contributed by atoms with Gasteiger partial charge in [0.25, 0.3) is 0 Å². The SMILES string of the molecule is CC1(C)OC2CC(O)(C(=O)O)CC(OC(=O)C(CCc3ccc(O)cc3)NC(=O)OCC3c4ccccc4-c4ccccc43)C2O1. The van der Waals surface area contributed by atoms with Crippen LogP contribution in [0, 0.1) is 0 Å². The molecule has 3 aromatic carbocycles. The number of hydrogen-bond donors (Lipinski definition) is 4. The molecule has 2 fully saturated rings. The van der Waals surface area contributed by atoms with Gasteiger partial charge in [0.05, 0.1) is 6.10 Å². The molecule has 5 atom stereocenters. The van der Waals surface area contributed by atoms with Gasteiger partial charge < -0.3 is 39.6 Å². The van der Waals surface area contributed by atoms with Gasteiger partial charge in [-0.15, -0.1) is 0 Å². The molecule has 1 saturated carbocycles. The van der Waals surface area contributed by atoms with E-state index < -0.39 is 60.2 Å². The lowest BCUT2D eigenvalue weighted by Gasteiger charge is -2.39. The van der Waals surface area contributed by atoms with Gasteiger partial charge in [0.15, 0.2) is 11.4 Å². The van der Waals surface area contributed by atoms with Gasteiger partial charge in [0.2, 0.25) is 0 Å². The van der Waals surface area contributed by atoms with E-state index in [0.29, 0.717) is 6.42 Å². The Balaban J connectivity index is 1.18. The summed E-state index contributed by atoms with van der Waals surface area (Å²) in [6.07, 6.45) is -3.81. The Morgan fingerprint density at radius 2 is 1.57 bits per heavy atom. The summed E-state index contributed by atoms with van der Waals surface area (Å²) in [5.74, 6) is -3.46. The number of nitrogens with one attached hydrogen (secondary N) is 1. The number of aliphatic carboxylic acids is 1. The molecule has 46 heavy (non-hydrogen) atoms. The molecule has 3 aliphatic rings. The number of carbonyl (C=O) groups excluding carboxylic acids is 2. The molecule has 1 amide bonds. The van der Waals surface area contributed by atoms with Gasteiger partial charge in [-0.2, -0.15) is 0 Å². The van der Waals surface area contributed by atoms with E-state index in [1.54, 1.807) is 26.0 Å². The summed E-state index contributed by atoms with van der Waals surface area (Å²) in [5, 5.41) is 32.9. The third kappa shape index (κ3) is 6.44. The van der Waals surface area contributed by atoms with E-state index in [-0.39, 0.29) is 31.1 Å². The number of hydrogen-bond acceptors (Lipinski definition) is 9. The van der Waals surface area contributed by atoms with Gasteiger partial charge in [0.1, 0.15) is 30.6 Å². The molecule has 11 heteroatoms. The van der Waals surface area contributed by atoms with Crippen LogP contribution in [-0.4, -0.2) is 75.7 Å². The number of rotatable bonds is 9. The molecule has 11 nitrogen and oxygen atoms in total. The fourth-order valence-electron chi connectivity index (χ4n) is 6.72. The van der Waals surface area contributed by atoms with Crippen LogP contribution in [0.25, 0.3) is 11.1 Å². The van der Waals surface area contributed by atoms with E-state index in [4.69, 9.17) is 18.9 Å². The summed E-state index contributed by atoms with van der Waals surface area (Å²) in [4.78, 5) is 38.9. The Morgan fingerprint density at radius 1 is 0.935 bits per heavy atom. The summed E-state index contributed by atoms with van der Waals surface area (Å²) in [5.41, 5.74) is 2.85. The smallest absolute Gasteiger partial charge is 0.407 e. The van der Waals surface area contributed by atoms with Gasteiger partial charge in [0, 0.05) is 18.8 Å². The van der Waals surface area contributed by atoms with E-state index >= 15 is 0 Å². The number of ether oxygens (including phenoxy) is 4. The number of aliphatic hydroxyl groups is 1. The van der Waals surface area contributed by atoms with E-state index in [1.807, 2.05) is 48.5 Å². The third-order valence-electron chi connectivity index (χ3n) is 8.91. The summed E-state index contributed by atoms with van der Waals surface area (Å²) in [6, 6.07) is 21.2. The third-order valence-corrected chi connectivity index (χ3v) is 8.91. The van der Waals surface area contributed by atoms with Crippen LogP contribution in [0.4, 0.5) is 4.79 Å². The molecule has 3 aromatic rings. The fraction of sp³-hybridized carbons (Fsp3) is 0.400. The predicted octanol–water partition coefficient (Wildman–Crippen LogP) is 4.27. The molecule has 6 rings (SSSR count). The van der Waals surface area contributed by atoms with Crippen molar-refractivity contribution >= 4 is 18.0 Å².